The fourth-order valence-electron chi connectivity index (χ4n) is 1.82. The molecule has 0 saturated carbocycles. The van der Waals surface area contributed by atoms with Crippen LogP contribution in [-0.2, 0) is 12.6 Å². The van der Waals surface area contributed by atoms with Crippen LogP contribution in [0.2, 0.25) is 0 Å². The molecule has 1 heterocycles. The summed E-state index contributed by atoms with van der Waals surface area (Å²) >= 11 is 0. The summed E-state index contributed by atoms with van der Waals surface area (Å²) in [5.41, 5.74) is 0.0874. The van der Waals surface area contributed by atoms with Crippen LogP contribution in [-0.4, -0.2) is 16.9 Å². The van der Waals surface area contributed by atoms with Crippen molar-refractivity contribution in [2.75, 3.05) is 7.11 Å². The number of aryl methyl sites for hydroxylation is 1. The van der Waals surface area contributed by atoms with E-state index in [4.69, 9.17) is 4.74 Å². The van der Waals surface area contributed by atoms with Gasteiger partial charge in [0.2, 0.25) is 0 Å². The number of para-hydroxylation sites is 2. The van der Waals surface area contributed by atoms with Crippen LogP contribution in [0, 0.1) is 0 Å². The largest absolute Gasteiger partial charge is 0.494 e. The predicted octanol–water partition coefficient (Wildman–Crippen LogP) is 3.46. The summed E-state index contributed by atoms with van der Waals surface area (Å²) in [5, 5.41) is 3.64. The van der Waals surface area contributed by atoms with E-state index < -0.39 is 11.9 Å². The van der Waals surface area contributed by atoms with E-state index in [2.05, 4.69) is 5.10 Å². The topological polar surface area (TPSA) is 27.1 Å². The molecule has 19 heavy (non-hydrogen) atoms. The lowest BCUT2D eigenvalue weighted by molar-refractivity contribution is -0.141. The molecule has 0 radical (unpaired) electrons. The van der Waals surface area contributed by atoms with E-state index in [9.17, 15) is 13.2 Å². The van der Waals surface area contributed by atoms with E-state index >= 15 is 0 Å². The highest BCUT2D eigenvalue weighted by Gasteiger charge is 2.35. The average molecular weight is 270 g/mol. The minimum Gasteiger partial charge on any atom is -0.494 e. The van der Waals surface area contributed by atoms with Gasteiger partial charge in [0, 0.05) is 5.69 Å². The molecule has 0 fully saturated rings. The average Bonchev–Trinajstić information content (AvgIpc) is 2.82. The number of halogens is 3. The molecule has 1 aromatic carbocycles. The maximum absolute atomic E-state index is 12.7. The Balaban J connectivity index is 2.58. The van der Waals surface area contributed by atoms with Gasteiger partial charge in [0.05, 0.1) is 7.11 Å². The van der Waals surface area contributed by atoms with Crippen molar-refractivity contribution in [1.29, 1.82) is 0 Å². The van der Waals surface area contributed by atoms with Gasteiger partial charge in [-0.3, -0.25) is 0 Å². The summed E-state index contributed by atoms with van der Waals surface area (Å²) < 4.78 is 44.6. The number of aromatic nitrogens is 2. The molecule has 102 valence electrons. The molecule has 6 heteroatoms. The molecule has 2 aromatic rings. The van der Waals surface area contributed by atoms with Crippen molar-refractivity contribution in [3.63, 3.8) is 0 Å². The van der Waals surface area contributed by atoms with Gasteiger partial charge in [-0.05, 0) is 24.6 Å². The number of benzene rings is 1. The molecule has 3 nitrogen and oxygen atoms in total. The van der Waals surface area contributed by atoms with Gasteiger partial charge >= 0.3 is 6.18 Å². The van der Waals surface area contributed by atoms with Crippen LogP contribution >= 0.6 is 0 Å². The zero-order valence-corrected chi connectivity index (χ0v) is 10.5. The lowest BCUT2D eigenvalue weighted by Gasteiger charge is -2.10. The van der Waals surface area contributed by atoms with Crippen LogP contribution in [0.5, 0.6) is 5.75 Å². The molecule has 0 saturated heterocycles. The first-order valence-electron chi connectivity index (χ1n) is 5.77. The molecule has 0 amide bonds. The van der Waals surface area contributed by atoms with E-state index in [1.165, 1.54) is 11.8 Å². The number of methoxy groups -OCH3 is 1. The fourth-order valence-corrected chi connectivity index (χ4v) is 1.82. The number of ether oxygens (including phenoxy) is 1. The first-order chi connectivity index (χ1) is 8.97. The second kappa shape index (κ2) is 4.95. The SMILES string of the molecule is CCc1cc(C(F)(F)F)nn1-c1ccccc1OC. The minimum absolute atomic E-state index is 0.446. The highest BCUT2D eigenvalue weighted by molar-refractivity contribution is 5.47. The minimum atomic E-state index is -4.45. The summed E-state index contributed by atoms with van der Waals surface area (Å²) in [6, 6.07) is 7.90. The number of alkyl halides is 3. The van der Waals surface area contributed by atoms with Crippen molar-refractivity contribution in [3.8, 4) is 11.4 Å². The van der Waals surface area contributed by atoms with Gasteiger partial charge in [0.15, 0.2) is 5.69 Å². The summed E-state index contributed by atoms with van der Waals surface area (Å²) in [6.45, 7) is 1.78. The van der Waals surface area contributed by atoms with Crippen LogP contribution in [0.1, 0.15) is 18.3 Å². The third kappa shape index (κ3) is 2.57. The van der Waals surface area contributed by atoms with Crippen LogP contribution in [0.25, 0.3) is 5.69 Å². The van der Waals surface area contributed by atoms with Crippen LogP contribution in [0.3, 0.4) is 0 Å². The lowest BCUT2D eigenvalue weighted by atomic mass is 10.2. The number of rotatable bonds is 3. The molecule has 0 spiro atoms. The normalized spacial score (nSPS) is 11.6. The molecule has 0 atom stereocenters. The molecule has 0 unspecified atom stereocenters. The molecule has 0 N–H and O–H groups in total. The Labute approximate surface area is 108 Å². The van der Waals surface area contributed by atoms with Crippen molar-refractivity contribution < 1.29 is 17.9 Å². The van der Waals surface area contributed by atoms with Gasteiger partial charge in [-0.25, -0.2) is 4.68 Å². The fraction of sp³-hybridized carbons (Fsp3) is 0.308. The summed E-state index contributed by atoms with van der Waals surface area (Å²) in [7, 11) is 1.47. The summed E-state index contributed by atoms with van der Waals surface area (Å²) in [6.07, 6.45) is -4.00. The second-order valence-electron chi connectivity index (χ2n) is 3.96. The number of nitrogens with zero attached hydrogens (tertiary/aromatic N) is 2. The maximum Gasteiger partial charge on any atom is 0.435 e. The molecule has 0 aliphatic heterocycles. The van der Waals surface area contributed by atoms with E-state index in [1.807, 2.05) is 0 Å². The molecular weight excluding hydrogens is 257 g/mol. The molecule has 0 aliphatic rings. The van der Waals surface area contributed by atoms with Crippen molar-refractivity contribution >= 4 is 0 Å². The molecule has 0 bridgehead atoms. The molecular formula is C13H13F3N2O. The maximum atomic E-state index is 12.7. The van der Waals surface area contributed by atoms with E-state index in [0.717, 1.165) is 6.07 Å². The van der Waals surface area contributed by atoms with Crippen LogP contribution in [0.4, 0.5) is 13.2 Å². The highest BCUT2D eigenvalue weighted by atomic mass is 19.4. The Morgan fingerprint density at radius 3 is 2.53 bits per heavy atom. The lowest BCUT2D eigenvalue weighted by Crippen LogP contribution is -2.08. The van der Waals surface area contributed by atoms with E-state index in [0.29, 0.717) is 23.6 Å². The summed E-state index contributed by atoms with van der Waals surface area (Å²) in [5.74, 6) is 0.481. The quantitative estimate of drug-likeness (QED) is 0.854. The zero-order valence-electron chi connectivity index (χ0n) is 10.5. The monoisotopic (exact) mass is 270 g/mol. The van der Waals surface area contributed by atoms with E-state index in [1.54, 1.807) is 31.2 Å². The van der Waals surface area contributed by atoms with Crippen molar-refractivity contribution in [2.45, 2.75) is 19.5 Å². The Morgan fingerprint density at radius 2 is 1.95 bits per heavy atom. The Bertz CT molecular complexity index is 576. The first kappa shape index (κ1) is 13.5. The number of hydrogen-bond donors (Lipinski definition) is 0. The van der Waals surface area contributed by atoms with Gasteiger partial charge in [0.25, 0.3) is 0 Å². The third-order valence-corrected chi connectivity index (χ3v) is 2.75. The van der Waals surface area contributed by atoms with E-state index in [-0.39, 0.29) is 0 Å². The van der Waals surface area contributed by atoms with Crippen LogP contribution < -0.4 is 4.74 Å². The Kier molecular flexibility index (Phi) is 3.50. The van der Waals surface area contributed by atoms with Gasteiger partial charge in [0.1, 0.15) is 11.4 Å². The molecule has 1 aromatic heterocycles. The molecule has 2 rings (SSSR count). The van der Waals surface area contributed by atoms with Gasteiger partial charge in [-0.15, -0.1) is 0 Å². The van der Waals surface area contributed by atoms with Gasteiger partial charge in [-0.1, -0.05) is 19.1 Å². The predicted molar refractivity (Wildman–Crippen MR) is 64.5 cm³/mol. The first-order valence-corrected chi connectivity index (χ1v) is 5.77. The van der Waals surface area contributed by atoms with Crippen molar-refractivity contribution in [1.82, 2.24) is 9.78 Å². The molecule has 0 aliphatic carbocycles. The standard InChI is InChI=1S/C13H13F3N2O/c1-3-9-8-12(13(14,15)16)17-18(9)10-6-4-5-7-11(10)19-2/h4-8H,3H2,1-2H3. The van der Waals surface area contributed by atoms with Gasteiger partial charge in [-0.2, -0.15) is 18.3 Å². The Hall–Kier alpha value is -1.98. The Morgan fingerprint density at radius 1 is 1.26 bits per heavy atom. The second-order valence-corrected chi connectivity index (χ2v) is 3.96. The third-order valence-electron chi connectivity index (χ3n) is 2.75. The van der Waals surface area contributed by atoms with Crippen LogP contribution in [0.15, 0.2) is 30.3 Å². The van der Waals surface area contributed by atoms with Gasteiger partial charge < -0.3 is 4.74 Å². The zero-order chi connectivity index (χ0) is 14.0. The number of hydrogen-bond acceptors (Lipinski definition) is 2. The summed E-state index contributed by atoms with van der Waals surface area (Å²) in [4.78, 5) is 0. The van der Waals surface area contributed by atoms with Crippen molar-refractivity contribution in [3.05, 3.63) is 41.7 Å². The smallest absolute Gasteiger partial charge is 0.435 e. The highest BCUT2D eigenvalue weighted by Crippen LogP contribution is 2.31. The van der Waals surface area contributed by atoms with Crippen molar-refractivity contribution in [2.24, 2.45) is 0 Å².